The van der Waals surface area contributed by atoms with Gasteiger partial charge >= 0.3 is 0 Å². The van der Waals surface area contributed by atoms with Crippen LogP contribution >= 0.6 is 12.4 Å². The Bertz CT molecular complexity index is 211. The van der Waals surface area contributed by atoms with Gasteiger partial charge < -0.3 is 16.4 Å². The van der Waals surface area contributed by atoms with Gasteiger partial charge in [0.2, 0.25) is 5.91 Å². The van der Waals surface area contributed by atoms with Crippen LogP contribution in [0.25, 0.3) is 0 Å². The maximum absolute atomic E-state index is 11.7. The van der Waals surface area contributed by atoms with E-state index in [1.54, 1.807) is 6.92 Å². The highest BCUT2D eigenvalue weighted by atomic mass is 35.5. The molecular weight excluding hydrogens is 214 g/mol. The van der Waals surface area contributed by atoms with E-state index in [-0.39, 0.29) is 24.4 Å². The average molecular weight is 236 g/mol. The van der Waals surface area contributed by atoms with Crippen molar-refractivity contribution in [2.75, 3.05) is 13.1 Å². The second-order valence-corrected chi connectivity index (χ2v) is 4.34. The zero-order valence-corrected chi connectivity index (χ0v) is 10.3. The molecule has 1 aliphatic heterocycles. The van der Waals surface area contributed by atoms with E-state index in [0.717, 1.165) is 19.4 Å². The van der Waals surface area contributed by atoms with Gasteiger partial charge in [-0.3, -0.25) is 4.79 Å². The summed E-state index contributed by atoms with van der Waals surface area (Å²) in [7, 11) is 0. The summed E-state index contributed by atoms with van der Waals surface area (Å²) in [6.07, 6.45) is 2.07. The van der Waals surface area contributed by atoms with Crippen molar-refractivity contribution in [2.45, 2.75) is 38.8 Å². The minimum Gasteiger partial charge on any atom is -0.337 e. The van der Waals surface area contributed by atoms with Crippen molar-refractivity contribution in [3.05, 3.63) is 0 Å². The van der Waals surface area contributed by atoms with E-state index in [4.69, 9.17) is 11.5 Å². The molecule has 15 heavy (non-hydrogen) atoms. The molecule has 0 aromatic carbocycles. The predicted octanol–water partition coefficient (Wildman–Crippen LogP) is 0.341. The van der Waals surface area contributed by atoms with Crippen LogP contribution in [0, 0.1) is 5.92 Å². The number of nitrogens with two attached hydrogens (primary N) is 2. The summed E-state index contributed by atoms with van der Waals surface area (Å²) >= 11 is 0. The Hall–Kier alpha value is -0.320. The first-order chi connectivity index (χ1) is 6.56. The first-order valence-electron chi connectivity index (χ1n) is 5.32. The van der Waals surface area contributed by atoms with E-state index in [1.807, 2.05) is 4.90 Å². The van der Waals surface area contributed by atoms with Gasteiger partial charge in [-0.25, -0.2) is 0 Å². The van der Waals surface area contributed by atoms with Crippen molar-refractivity contribution in [2.24, 2.45) is 17.4 Å². The number of piperidine rings is 1. The van der Waals surface area contributed by atoms with Crippen LogP contribution in [0.4, 0.5) is 0 Å². The van der Waals surface area contributed by atoms with E-state index in [1.165, 1.54) is 0 Å². The third kappa shape index (κ3) is 3.63. The normalized spacial score (nSPS) is 28.1. The largest absolute Gasteiger partial charge is 0.337 e. The molecule has 1 rings (SSSR count). The quantitative estimate of drug-likeness (QED) is 0.725. The Morgan fingerprint density at radius 2 is 2.20 bits per heavy atom. The highest BCUT2D eigenvalue weighted by Crippen LogP contribution is 2.22. The molecule has 0 aromatic rings. The molecule has 3 atom stereocenters. The number of hydrogen-bond donors (Lipinski definition) is 2. The molecule has 1 fully saturated rings. The third-order valence-corrected chi connectivity index (χ3v) is 2.92. The fourth-order valence-electron chi connectivity index (χ4n) is 2.03. The smallest absolute Gasteiger partial charge is 0.239 e. The summed E-state index contributed by atoms with van der Waals surface area (Å²) in [5.41, 5.74) is 11.2. The van der Waals surface area contributed by atoms with E-state index >= 15 is 0 Å². The number of halogens is 1. The minimum atomic E-state index is -0.405. The van der Waals surface area contributed by atoms with Crippen LogP contribution < -0.4 is 11.5 Å². The van der Waals surface area contributed by atoms with Crippen LogP contribution in [0.2, 0.25) is 0 Å². The first-order valence-corrected chi connectivity index (χ1v) is 5.32. The number of carbonyl (C=O) groups excluding carboxylic acids is 1. The highest BCUT2D eigenvalue weighted by Gasteiger charge is 2.29. The van der Waals surface area contributed by atoms with Gasteiger partial charge in [-0.15, -0.1) is 12.4 Å². The fraction of sp³-hybridized carbons (Fsp3) is 0.900. The van der Waals surface area contributed by atoms with Crippen LogP contribution in [0.15, 0.2) is 0 Å². The van der Waals surface area contributed by atoms with Gasteiger partial charge in [0.1, 0.15) is 0 Å². The summed E-state index contributed by atoms with van der Waals surface area (Å²) in [5.74, 6) is 0.702. The maximum Gasteiger partial charge on any atom is 0.239 e. The molecule has 5 heteroatoms. The summed E-state index contributed by atoms with van der Waals surface area (Å²) in [5, 5.41) is 0. The second-order valence-electron chi connectivity index (χ2n) is 4.34. The molecule has 90 valence electrons. The molecule has 0 saturated carbocycles. The topological polar surface area (TPSA) is 72.3 Å². The van der Waals surface area contributed by atoms with Crippen molar-refractivity contribution in [3.8, 4) is 0 Å². The monoisotopic (exact) mass is 235 g/mol. The van der Waals surface area contributed by atoms with Gasteiger partial charge in [0.25, 0.3) is 0 Å². The molecule has 0 bridgehead atoms. The molecule has 1 amide bonds. The molecule has 0 aliphatic carbocycles. The lowest BCUT2D eigenvalue weighted by Crippen LogP contribution is -2.53. The van der Waals surface area contributed by atoms with Gasteiger partial charge in [-0.1, -0.05) is 6.92 Å². The number of hydrogen-bond acceptors (Lipinski definition) is 3. The molecule has 0 radical (unpaired) electrons. The van der Waals surface area contributed by atoms with Crippen molar-refractivity contribution in [1.29, 1.82) is 0 Å². The van der Waals surface area contributed by atoms with Crippen LogP contribution in [0.3, 0.4) is 0 Å². The Kier molecular flexibility index (Phi) is 6.17. The van der Waals surface area contributed by atoms with Crippen LogP contribution in [-0.4, -0.2) is 36.0 Å². The molecule has 0 aromatic heterocycles. The van der Waals surface area contributed by atoms with E-state index < -0.39 is 6.04 Å². The third-order valence-electron chi connectivity index (χ3n) is 2.92. The number of carbonyl (C=O) groups is 1. The van der Waals surface area contributed by atoms with Crippen molar-refractivity contribution >= 4 is 18.3 Å². The van der Waals surface area contributed by atoms with Crippen molar-refractivity contribution in [1.82, 2.24) is 4.90 Å². The molecule has 1 heterocycles. The number of rotatable bonds is 2. The number of amides is 1. The zero-order chi connectivity index (χ0) is 10.7. The summed E-state index contributed by atoms with van der Waals surface area (Å²) in [4.78, 5) is 13.6. The maximum atomic E-state index is 11.7. The van der Waals surface area contributed by atoms with Crippen LogP contribution in [0.5, 0.6) is 0 Å². The molecule has 0 spiro atoms. The standard InChI is InChI=1S/C10H21N3O.ClH/c1-7-3-4-13(9(5-7)6-11)10(14)8(2)12;/h7-9H,3-6,11-12H2,1-2H3;1H/t7?,8-,9?;/m0./s1. The summed E-state index contributed by atoms with van der Waals surface area (Å²) < 4.78 is 0. The molecule has 1 aliphatic rings. The van der Waals surface area contributed by atoms with Gasteiger partial charge in [0.15, 0.2) is 0 Å². The molecule has 2 unspecified atom stereocenters. The Balaban J connectivity index is 0.00000196. The van der Waals surface area contributed by atoms with Gasteiger partial charge in [0.05, 0.1) is 6.04 Å². The van der Waals surface area contributed by atoms with Crippen LogP contribution in [-0.2, 0) is 4.79 Å². The minimum absolute atomic E-state index is 0. The van der Waals surface area contributed by atoms with E-state index in [9.17, 15) is 4.79 Å². The number of likely N-dealkylation sites (tertiary alicyclic amines) is 1. The summed E-state index contributed by atoms with van der Waals surface area (Å²) in [6, 6.07) is -0.213. The summed E-state index contributed by atoms with van der Waals surface area (Å²) in [6.45, 7) is 5.29. The lowest BCUT2D eigenvalue weighted by atomic mass is 9.92. The predicted molar refractivity (Wildman–Crippen MR) is 63.9 cm³/mol. The van der Waals surface area contributed by atoms with Gasteiger partial charge in [-0.05, 0) is 25.7 Å². The lowest BCUT2D eigenvalue weighted by molar-refractivity contribution is -0.136. The molecule has 4 nitrogen and oxygen atoms in total. The Morgan fingerprint density at radius 1 is 1.60 bits per heavy atom. The van der Waals surface area contributed by atoms with E-state index in [0.29, 0.717) is 12.5 Å². The molecular formula is C10H22ClN3O. The van der Waals surface area contributed by atoms with Gasteiger partial charge in [0, 0.05) is 19.1 Å². The molecule has 4 N–H and O–H groups in total. The van der Waals surface area contributed by atoms with Crippen molar-refractivity contribution in [3.63, 3.8) is 0 Å². The zero-order valence-electron chi connectivity index (χ0n) is 9.48. The van der Waals surface area contributed by atoms with Gasteiger partial charge in [-0.2, -0.15) is 0 Å². The van der Waals surface area contributed by atoms with Crippen molar-refractivity contribution < 1.29 is 4.79 Å². The molecule has 1 saturated heterocycles. The fourth-order valence-corrected chi connectivity index (χ4v) is 2.03. The highest BCUT2D eigenvalue weighted by molar-refractivity contribution is 5.85. The van der Waals surface area contributed by atoms with Crippen LogP contribution in [0.1, 0.15) is 26.7 Å². The SMILES string of the molecule is CC1CCN(C(=O)[C@H](C)N)C(CN)C1.Cl. The Morgan fingerprint density at radius 3 is 2.67 bits per heavy atom. The average Bonchev–Trinajstić information content (AvgIpc) is 2.16. The first kappa shape index (κ1) is 14.7. The second kappa shape index (κ2) is 6.30. The number of nitrogens with zero attached hydrogens (tertiary/aromatic N) is 1. The van der Waals surface area contributed by atoms with E-state index in [2.05, 4.69) is 6.92 Å². The Labute approximate surface area is 97.8 Å². The lowest BCUT2D eigenvalue weighted by Gasteiger charge is -2.38.